The zero-order chi connectivity index (χ0) is 6.97. The number of nitrogens with zero attached hydrogens (tertiary/aromatic N) is 1. The Morgan fingerprint density at radius 1 is 1.60 bits per heavy atom. The molecule has 0 unspecified atom stereocenters. The van der Waals surface area contributed by atoms with E-state index in [1.54, 1.807) is 6.20 Å². The molecule has 1 aromatic rings. The first-order valence-electron chi connectivity index (χ1n) is 3.13. The Balaban J connectivity index is 2.52. The lowest BCUT2D eigenvalue weighted by Gasteiger charge is -1.95. The molecule has 0 spiro atoms. The van der Waals surface area contributed by atoms with Crippen molar-refractivity contribution < 1.29 is 4.74 Å². The van der Waals surface area contributed by atoms with Gasteiger partial charge in [0, 0.05) is 12.0 Å². The average molecular weight is 156 g/mol. The number of halogens is 1. The van der Waals surface area contributed by atoms with Crippen LogP contribution in [0, 0.1) is 0 Å². The highest BCUT2D eigenvalue weighted by Crippen LogP contribution is 2.25. The molecule has 0 aliphatic carbocycles. The van der Waals surface area contributed by atoms with Crippen molar-refractivity contribution >= 4 is 11.6 Å². The number of rotatable bonds is 0. The molecule has 0 N–H and O–H groups in total. The van der Waals surface area contributed by atoms with Gasteiger partial charge in [-0.15, -0.1) is 0 Å². The molecule has 52 valence electrons. The molecule has 2 heterocycles. The summed E-state index contributed by atoms with van der Waals surface area (Å²) >= 11 is 5.66. The summed E-state index contributed by atoms with van der Waals surface area (Å²) in [6.07, 6.45) is 2.63. The fourth-order valence-electron chi connectivity index (χ4n) is 1.05. The summed E-state index contributed by atoms with van der Waals surface area (Å²) < 4.78 is 5.23. The van der Waals surface area contributed by atoms with Gasteiger partial charge in [0.05, 0.1) is 12.8 Å². The van der Waals surface area contributed by atoms with Crippen LogP contribution in [0.2, 0.25) is 5.15 Å². The smallest absolute Gasteiger partial charge is 0.141 e. The van der Waals surface area contributed by atoms with Crippen molar-refractivity contribution in [2.75, 3.05) is 6.61 Å². The monoisotopic (exact) mass is 155 g/mol. The Bertz CT molecular complexity index is 262. The molecular weight excluding hydrogens is 150 g/mol. The van der Waals surface area contributed by atoms with Crippen LogP contribution in [0.25, 0.3) is 0 Å². The third kappa shape index (κ3) is 0.847. The molecule has 0 amide bonds. The Kier molecular flexibility index (Phi) is 1.27. The summed E-state index contributed by atoms with van der Waals surface area (Å²) in [7, 11) is 0. The van der Waals surface area contributed by atoms with Crippen molar-refractivity contribution in [3.05, 3.63) is 23.0 Å². The highest BCUT2D eigenvalue weighted by atomic mass is 35.5. The first kappa shape index (κ1) is 5.98. The normalized spacial score (nSPS) is 14.5. The van der Waals surface area contributed by atoms with Gasteiger partial charge in [0.2, 0.25) is 0 Å². The van der Waals surface area contributed by atoms with Crippen LogP contribution in [0.4, 0.5) is 0 Å². The summed E-state index contributed by atoms with van der Waals surface area (Å²) in [6, 6.07) is 1.85. The van der Waals surface area contributed by atoms with E-state index in [4.69, 9.17) is 16.3 Å². The van der Waals surface area contributed by atoms with E-state index in [0.717, 1.165) is 18.8 Å². The quantitative estimate of drug-likeness (QED) is 0.532. The first-order chi connectivity index (χ1) is 4.86. The van der Waals surface area contributed by atoms with Crippen LogP contribution in [-0.2, 0) is 6.42 Å². The Hall–Kier alpha value is -0.760. The fraction of sp³-hybridized carbons (Fsp3) is 0.286. The minimum Gasteiger partial charge on any atom is -0.491 e. The van der Waals surface area contributed by atoms with E-state index in [9.17, 15) is 0 Å². The van der Waals surface area contributed by atoms with Crippen LogP contribution in [0.3, 0.4) is 0 Å². The van der Waals surface area contributed by atoms with Gasteiger partial charge in [-0.2, -0.15) is 0 Å². The summed E-state index contributed by atoms with van der Waals surface area (Å²) in [5.41, 5.74) is 1.17. The summed E-state index contributed by atoms with van der Waals surface area (Å²) in [4.78, 5) is 3.89. The van der Waals surface area contributed by atoms with Gasteiger partial charge in [-0.1, -0.05) is 11.6 Å². The summed E-state index contributed by atoms with van der Waals surface area (Å²) in [6.45, 7) is 0.761. The van der Waals surface area contributed by atoms with Crippen LogP contribution in [0.1, 0.15) is 5.56 Å². The lowest BCUT2D eigenvalue weighted by molar-refractivity contribution is 0.355. The Labute approximate surface area is 63.8 Å². The maximum Gasteiger partial charge on any atom is 0.141 e. The zero-order valence-corrected chi connectivity index (χ0v) is 6.06. The van der Waals surface area contributed by atoms with Crippen LogP contribution < -0.4 is 4.74 Å². The number of fused-ring (bicyclic) bond motifs is 1. The van der Waals surface area contributed by atoms with Crippen molar-refractivity contribution in [3.8, 4) is 5.75 Å². The number of aromatic nitrogens is 1. The van der Waals surface area contributed by atoms with Crippen LogP contribution in [0.5, 0.6) is 5.75 Å². The van der Waals surface area contributed by atoms with Crippen LogP contribution in [0.15, 0.2) is 12.3 Å². The number of hydrogen-bond acceptors (Lipinski definition) is 2. The summed E-state index contributed by atoms with van der Waals surface area (Å²) in [5, 5.41) is 0.546. The van der Waals surface area contributed by atoms with E-state index in [0.29, 0.717) is 5.15 Å². The predicted octanol–water partition coefficient (Wildman–Crippen LogP) is 1.67. The standard InChI is InChI=1S/C7H6ClNO/c8-7-3-5-1-2-10-6(5)4-9-7/h3-4H,1-2H2. The van der Waals surface area contributed by atoms with Crippen molar-refractivity contribution in [2.45, 2.75) is 6.42 Å². The van der Waals surface area contributed by atoms with Gasteiger partial charge in [-0.25, -0.2) is 4.98 Å². The van der Waals surface area contributed by atoms with Gasteiger partial charge in [0.15, 0.2) is 0 Å². The highest BCUT2D eigenvalue weighted by Gasteiger charge is 2.11. The predicted molar refractivity (Wildman–Crippen MR) is 38.4 cm³/mol. The van der Waals surface area contributed by atoms with Crippen LogP contribution in [-0.4, -0.2) is 11.6 Å². The Morgan fingerprint density at radius 2 is 2.50 bits per heavy atom. The number of ether oxygens (including phenoxy) is 1. The van der Waals surface area contributed by atoms with E-state index in [1.807, 2.05) is 6.07 Å². The number of pyridine rings is 1. The third-order valence-corrected chi connectivity index (χ3v) is 1.75. The van der Waals surface area contributed by atoms with Crippen molar-refractivity contribution in [1.82, 2.24) is 4.98 Å². The topological polar surface area (TPSA) is 22.1 Å². The van der Waals surface area contributed by atoms with Crippen LogP contribution >= 0.6 is 11.6 Å². The molecule has 1 aliphatic rings. The Morgan fingerprint density at radius 3 is 3.40 bits per heavy atom. The zero-order valence-electron chi connectivity index (χ0n) is 5.30. The molecule has 3 heteroatoms. The molecule has 0 radical (unpaired) electrons. The van der Waals surface area contributed by atoms with E-state index in [-0.39, 0.29) is 0 Å². The molecule has 1 aliphatic heterocycles. The van der Waals surface area contributed by atoms with Gasteiger partial charge in [-0.3, -0.25) is 0 Å². The molecule has 1 aromatic heterocycles. The minimum atomic E-state index is 0.546. The third-order valence-electron chi connectivity index (χ3n) is 1.54. The molecule has 2 nitrogen and oxygen atoms in total. The van der Waals surface area contributed by atoms with Gasteiger partial charge in [0.1, 0.15) is 10.9 Å². The van der Waals surface area contributed by atoms with Crippen molar-refractivity contribution in [2.24, 2.45) is 0 Å². The molecule has 2 rings (SSSR count). The maximum atomic E-state index is 5.66. The van der Waals surface area contributed by atoms with E-state index in [2.05, 4.69) is 4.98 Å². The second kappa shape index (κ2) is 2.13. The lowest BCUT2D eigenvalue weighted by Crippen LogP contribution is -1.86. The first-order valence-corrected chi connectivity index (χ1v) is 3.51. The second-order valence-corrected chi connectivity index (χ2v) is 2.60. The SMILES string of the molecule is Clc1cc2c(cn1)OCC2. The summed E-state index contributed by atoms with van der Waals surface area (Å²) in [5.74, 6) is 0.879. The second-order valence-electron chi connectivity index (χ2n) is 2.21. The molecule has 0 saturated heterocycles. The van der Waals surface area contributed by atoms with Gasteiger partial charge >= 0.3 is 0 Å². The highest BCUT2D eigenvalue weighted by molar-refractivity contribution is 6.29. The number of hydrogen-bond donors (Lipinski definition) is 0. The molecule has 0 atom stereocenters. The molecule has 0 saturated carbocycles. The molecular formula is C7H6ClNO. The average Bonchev–Trinajstić information content (AvgIpc) is 2.33. The minimum absolute atomic E-state index is 0.546. The van der Waals surface area contributed by atoms with Crippen molar-refractivity contribution in [1.29, 1.82) is 0 Å². The maximum absolute atomic E-state index is 5.66. The van der Waals surface area contributed by atoms with E-state index >= 15 is 0 Å². The largest absolute Gasteiger partial charge is 0.491 e. The molecule has 10 heavy (non-hydrogen) atoms. The van der Waals surface area contributed by atoms with E-state index in [1.165, 1.54) is 5.56 Å². The fourth-order valence-corrected chi connectivity index (χ4v) is 1.23. The van der Waals surface area contributed by atoms with Gasteiger partial charge < -0.3 is 4.74 Å². The molecule has 0 fully saturated rings. The van der Waals surface area contributed by atoms with Gasteiger partial charge in [0.25, 0.3) is 0 Å². The molecule has 0 bridgehead atoms. The molecule has 0 aromatic carbocycles. The van der Waals surface area contributed by atoms with E-state index < -0.39 is 0 Å². The lowest BCUT2D eigenvalue weighted by atomic mass is 10.2. The van der Waals surface area contributed by atoms with Gasteiger partial charge in [-0.05, 0) is 6.07 Å². The van der Waals surface area contributed by atoms with Crippen molar-refractivity contribution in [3.63, 3.8) is 0 Å².